The second-order valence-electron chi connectivity index (χ2n) is 6.71. The molecule has 2 heterocycles. The van der Waals surface area contributed by atoms with Crippen molar-refractivity contribution in [2.24, 2.45) is 0 Å². The van der Waals surface area contributed by atoms with Crippen LogP contribution in [0.1, 0.15) is 34.9 Å². The van der Waals surface area contributed by atoms with Crippen molar-refractivity contribution in [3.63, 3.8) is 0 Å². The van der Waals surface area contributed by atoms with E-state index in [1.54, 1.807) is 6.20 Å². The Bertz CT molecular complexity index is 899. The number of aromatic nitrogens is 3. The first-order valence-corrected chi connectivity index (χ1v) is 9.18. The normalized spacial score (nSPS) is 14.7. The Hall–Kier alpha value is -2.44. The molecule has 142 valence electrons. The van der Waals surface area contributed by atoms with Gasteiger partial charge >= 0.3 is 0 Å². The predicted molar refractivity (Wildman–Crippen MR) is 108 cm³/mol. The highest BCUT2D eigenvalue weighted by Crippen LogP contribution is 2.19. The Morgan fingerprint density at radius 3 is 2.78 bits per heavy atom. The molecule has 1 amide bonds. The number of halogens is 1. The molecule has 0 spiro atoms. The summed E-state index contributed by atoms with van der Waals surface area (Å²) in [7, 11) is 0. The molecule has 0 atom stereocenters. The van der Waals surface area contributed by atoms with Crippen LogP contribution in [0, 0.1) is 0 Å². The summed E-state index contributed by atoms with van der Waals surface area (Å²) in [6.07, 6.45) is 4.59. The van der Waals surface area contributed by atoms with Crippen LogP contribution in [-0.4, -0.2) is 40.5 Å². The second kappa shape index (κ2) is 8.97. The SMILES string of the molecule is Cl.O=C(NCCc1cccc2ccccc12)c1cn(C2CCNCC2)nn1. The Balaban J connectivity index is 0.00000210. The summed E-state index contributed by atoms with van der Waals surface area (Å²) >= 11 is 0. The number of piperidine rings is 1. The summed E-state index contributed by atoms with van der Waals surface area (Å²) in [4.78, 5) is 12.4. The van der Waals surface area contributed by atoms with Gasteiger partial charge in [-0.3, -0.25) is 4.79 Å². The van der Waals surface area contributed by atoms with E-state index in [1.165, 1.54) is 16.3 Å². The third kappa shape index (κ3) is 4.46. The van der Waals surface area contributed by atoms with Gasteiger partial charge in [0.1, 0.15) is 0 Å². The van der Waals surface area contributed by atoms with Crippen molar-refractivity contribution in [3.8, 4) is 0 Å². The smallest absolute Gasteiger partial charge is 0.273 e. The van der Waals surface area contributed by atoms with Crippen LogP contribution in [0.4, 0.5) is 0 Å². The number of carbonyl (C=O) groups excluding carboxylic acids is 1. The average Bonchev–Trinajstić information content (AvgIpc) is 3.19. The van der Waals surface area contributed by atoms with Gasteiger partial charge in [-0.05, 0) is 48.7 Å². The first-order valence-electron chi connectivity index (χ1n) is 9.18. The van der Waals surface area contributed by atoms with Crippen molar-refractivity contribution in [1.29, 1.82) is 0 Å². The van der Waals surface area contributed by atoms with E-state index in [2.05, 4.69) is 51.3 Å². The molecule has 2 N–H and O–H groups in total. The first kappa shape index (κ1) is 19.3. The summed E-state index contributed by atoms with van der Waals surface area (Å²) in [6, 6.07) is 14.9. The van der Waals surface area contributed by atoms with Gasteiger partial charge in [-0.25, -0.2) is 4.68 Å². The number of benzene rings is 2. The lowest BCUT2D eigenvalue weighted by Gasteiger charge is -2.22. The van der Waals surface area contributed by atoms with Crippen LogP contribution in [0.25, 0.3) is 10.8 Å². The second-order valence-corrected chi connectivity index (χ2v) is 6.71. The van der Waals surface area contributed by atoms with Crippen LogP contribution in [0.3, 0.4) is 0 Å². The summed E-state index contributed by atoms with van der Waals surface area (Å²) in [5, 5.41) is 16.9. The molecule has 0 radical (unpaired) electrons. The lowest BCUT2D eigenvalue weighted by molar-refractivity contribution is 0.0949. The Morgan fingerprint density at radius 1 is 1.15 bits per heavy atom. The van der Waals surface area contributed by atoms with Gasteiger partial charge in [0.15, 0.2) is 5.69 Å². The number of carbonyl (C=O) groups is 1. The van der Waals surface area contributed by atoms with E-state index in [0.717, 1.165) is 32.4 Å². The highest BCUT2D eigenvalue weighted by atomic mass is 35.5. The first-order chi connectivity index (χ1) is 12.8. The van der Waals surface area contributed by atoms with E-state index in [4.69, 9.17) is 0 Å². The minimum Gasteiger partial charge on any atom is -0.350 e. The molecule has 1 aromatic heterocycles. The zero-order chi connectivity index (χ0) is 17.8. The van der Waals surface area contributed by atoms with Crippen LogP contribution in [0.15, 0.2) is 48.7 Å². The van der Waals surface area contributed by atoms with Gasteiger partial charge in [0, 0.05) is 6.54 Å². The number of nitrogens with zero attached hydrogens (tertiary/aromatic N) is 3. The van der Waals surface area contributed by atoms with Gasteiger partial charge in [0.25, 0.3) is 5.91 Å². The lowest BCUT2D eigenvalue weighted by atomic mass is 10.0. The monoisotopic (exact) mass is 385 g/mol. The number of nitrogens with one attached hydrogen (secondary N) is 2. The molecule has 27 heavy (non-hydrogen) atoms. The Labute approximate surface area is 164 Å². The largest absolute Gasteiger partial charge is 0.350 e. The van der Waals surface area contributed by atoms with Gasteiger partial charge in [-0.15, -0.1) is 17.5 Å². The summed E-state index contributed by atoms with van der Waals surface area (Å²) < 4.78 is 1.83. The van der Waals surface area contributed by atoms with Crippen molar-refractivity contribution in [2.75, 3.05) is 19.6 Å². The molecule has 3 aromatic rings. The van der Waals surface area contributed by atoms with E-state index in [0.29, 0.717) is 18.3 Å². The maximum atomic E-state index is 12.4. The fourth-order valence-corrected chi connectivity index (χ4v) is 3.54. The fraction of sp³-hybridized carbons (Fsp3) is 0.350. The van der Waals surface area contributed by atoms with Crippen molar-refractivity contribution >= 4 is 29.1 Å². The van der Waals surface area contributed by atoms with Gasteiger partial charge in [-0.2, -0.15) is 0 Å². The van der Waals surface area contributed by atoms with E-state index < -0.39 is 0 Å². The minimum absolute atomic E-state index is 0. The highest BCUT2D eigenvalue weighted by Gasteiger charge is 2.18. The maximum Gasteiger partial charge on any atom is 0.273 e. The molecule has 0 aliphatic carbocycles. The Morgan fingerprint density at radius 2 is 1.93 bits per heavy atom. The highest BCUT2D eigenvalue weighted by molar-refractivity contribution is 5.92. The molecule has 0 unspecified atom stereocenters. The molecule has 0 bridgehead atoms. The van der Waals surface area contributed by atoms with Crippen LogP contribution in [0.5, 0.6) is 0 Å². The standard InChI is InChI=1S/C20H23N5O.ClH/c26-20(19-14-25(24-23-19)17-9-11-21-12-10-17)22-13-8-16-6-3-5-15-4-1-2-7-18(15)16;/h1-7,14,17,21H,8-13H2,(H,22,26);1H. The predicted octanol–water partition coefficient (Wildman–Crippen LogP) is 2.75. The lowest BCUT2D eigenvalue weighted by Crippen LogP contribution is -2.29. The molecule has 1 aliphatic heterocycles. The average molecular weight is 386 g/mol. The van der Waals surface area contributed by atoms with Gasteiger partial charge in [0.05, 0.1) is 12.2 Å². The third-order valence-electron chi connectivity index (χ3n) is 4.99. The summed E-state index contributed by atoms with van der Waals surface area (Å²) in [5.41, 5.74) is 1.63. The minimum atomic E-state index is -0.162. The summed E-state index contributed by atoms with van der Waals surface area (Å²) in [5.74, 6) is -0.162. The number of fused-ring (bicyclic) bond motifs is 1. The Kier molecular flexibility index (Phi) is 6.42. The topological polar surface area (TPSA) is 71.8 Å². The van der Waals surface area contributed by atoms with Gasteiger partial charge < -0.3 is 10.6 Å². The van der Waals surface area contributed by atoms with Crippen LogP contribution < -0.4 is 10.6 Å². The number of rotatable bonds is 5. The number of hydrogen-bond donors (Lipinski definition) is 2. The molecule has 2 aromatic carbocycles. The van der Waals surface area contributed by atoms with E-state index in [1.807, 2.05) is 16.8 Å². The zero-order valence-corrected chi connectivity index (χ0v) is 15.9. The zero-order valence-electron chi connectivity index (χ0n) is 15.1. The van der Waals surface area contributed by atoms with E-state index >= 15 is 0 Å². The van der Waals surface area contributed by atoms with Crippen molar-refractivity contribution in [2.45, 2.75) is 25.3 Å². The molecular formula is C20H24ClN5O. The molecule has 1 aliphatic rings. The van der Waals surface area contributed by atoms with Crippen LogP contribution >= 0.6 is 12.4 Å². The maximum absolute atomic E-state index is 12.4. The number of amides is 1. The third-order valence-corrected chi connectivity index (χ3v) is 4.99. The molecule has 7 heteroatoms. The molecule has 1 fully saturated rings. The van der Waals surface area contributed by atoms with Gasteiger partial charge in [-0.1, -0.05) is 47.7 Å². The van der Waals surface area contributed by atoms with Crippen LogP contribution in [-0.2, 0) is 6.42 Å². The molecule has 1 saturated heterocycles. The molecule has 6 nitrogen and oxygen atoms in total. The van der Waals surface area contributed by atoms with Gasteiger partial charge in [0.2, 0.25) is 0 Å². The van der Waals surface area contributed by atoms with Crippen molar-refractivity contribution < 1.29 is 4.79 Å². The van der Waals surface area contributed by atoms with Crippen LogP contribution in [0.2, 0.25) is 0 Å². The van der Waals surface area contributed by atoms with E-state index in [9.17, 15) is 4.79 Å². The number of hydrogen-bond acceptors (Lipinski definition) is 4. The van der Waals surface area contributed by atoms with Crippen molar-refractivity contribution in [3.05, 3.63) is 59.9 Å². The quantitative estimate of drug-likeness (QED) is 0.708. The molecular weight excluding hydrogens is 362 g/mol. The van der Waals surface area contributed by atoms with Crippen molar-refractivity contribution in [1.82, 2.24) is 25.6 Å². The molecule has 4 rings (SSSR count). The fourth-order valence-electron chi connectivity index (χ4n) is 3.54. The summed E-state index contributed by atoms with van der Waals surface area (Å²) in [6.45, 7) is 2.54. The molecule has 0 saturated carbocycles. The van der Waals surface area contributed by atoms with E-state index in [-0.39, 0.29) is 18.3 Å².